The lowest BCUT2D eigenvalue weighted by atomic mass is 9.98. The Morgan fingerprint density at radius 3 is 2.36 bits per heavy atom. The van der Waals surface area contributed by atoms with Gasteiger partial charge in [0.2, 0.25) is 0 Å². The number of imidazole rings is 1. The van der Waals surface area contributed by atoms with E-state index >= 15 is 0 Å². The fraction of sp³-hybridized carbons (Fsp3) is 0.179. The number of carboxylic acids is 1. The molecule has 0 saturated heterocycles. The predicted molar refractivity (Wildman–Crippen MR) is 145 cm³/mol. The van der Waals surface area contributed by atoms with Crippen LogP contribution >= 0.6 is 11.8 Å². The molecule has 1 heterocycles. The van der Waals surface area contributed by atoms with Crippen molar-refractivity contribution in [2.75, 3.05) is 17.3 Å². The maximum atomic E-state index is 13.1. The first-order chi connectivity index (χ1) is 17.5. The van der Waals surface area contributed by atoms with E-state index in [-0.39, 0.29) is 0 Å². The number of H-pyrrole nitrogens is 1. The van der Waals surface area contributed by atoms with Gasteiger partial charge in [-0.2, -0.15) is 11.8 Å². The van der Waals surface area contributed by atoms with E-state index in [9.17, 15) is 14.7 Å². The molecule has 0 fully saturated rings. The molecular weight excluding hydrogens is 472 g/mol. The molecule has 4 aromatic rings. The van der Waals surface area contributed by atoms with Crippen molar-refractivity contribution < 1.29 is 14.7 Å². The van der Waals surface area contributed by atoms with E-state index in [1.165, 1.54) is 0 Å². The van der Waals surface area contributed by atoms with Crippen LogP contribution in [0, 0.1) is 0 Å². The number of aromatic amines is 1. The Hall–Kier alpha value is -4.04. The summed E-state index contributed by atoms with van der Waals surface area (Å²) in [5.41, 5.74) is 4.79. The number of amides is 1. The molecule has 0 aliphatic heterocycles. The second kappa shape index (κ2) is 12.1. The van der Waals surface area contributed by atoms with Crippen LogP contribution in [-0.2, 0) is 11.3 Å². The Bertz CT molecular complexity index is 1310. The Morgan fingerprint density at radius 2 is 1.69 bits per heavy atom. The van der Waals surface area contributed by atoms with Crippen molar-refractivity contribution in [1.29, 1.82) is 0 Å². The van der Waals surface area contributed by atoms with E-state index < -0.39 is 17.9 Å². The highest BCUT2D eigenvalue weighted by atomic mass is 32.2. The lowest BCUT2D eigenvalue weighted by Gasteiger charge is -2.17. The van der Waals surface area contributed by atoms with Crippen molar-refractivity contribution in [2.24, 2.45) is 0 Å². The van der Waals surface area contributed by atoms with Crippen molar-refractivity contribution in [1.82, 2.24) is 15.3 Å². The molecule has 0 bridgehead atoms. The highest BCUT2D eigenvalue weighted by Crippen LogP contribution is 2.28. The molecule has 4 rings (SSSR count). The fourth-order valence-electron chi connectivity index (χ4n) is 3.83. The van der Waals surface area contributed by atoms with Crippen molar-refractivity contribution >= 4 is 29.3 Å². The summed E-state index contributed by atoms with van der Waals surface area (Å²) in [6, 6.07) is 24.0. The number of thioether (sulfide) groups is 1. The van der Waals surface area contributed by atoms with E-state index in [1.54, 1.807) is 24.0 Å². The van der Waals surface area contributed by atoms with Crippen LogP contribution in [0.5, 0.6) is 0 Å². The van der Waals surface area contributed by atoms with Gasteiger partial charge in [-0.1, -0.05) is 60.7 Å². The quantitative estimate of drug-likeness (QED) is 0.223. The fourth-order valence-corrected chi connectivity index (χ4v) is 4.30. The lowest BCUT2D eigenvalue weighted by molar-refractivity contribution is -0.139. The SMILES string of the molecule is CSCC[C@H](NC(=O)c1ccc(NCc2cnc(-c3ccccc3)[nH]2)cc1-c1ccccc1)C(=O)O. The molecule has 0 saturated carbocycles. The molecule has 0 aliphatic rings. The van der Waals surface area contributed by atoms with Crippen LogP contribution in [0.25, 0.3) is 22.5 Å². The molecule has 4 N–H and O–H groups in total. The molecule has 184 valence electrons. The molecule has 0 radical (unpaired) electrons. The number of nitrogens with one attached hydrogen (secondary N) is 3. The van der Waals surface area contributed by atoms with Gasteiger partial charge in [-0.3, -0.25) is 4.79 Å². The van der Waals surface area contributed by atoms with Gasteiger partial charge >= 0.3 is 5.97 Å². The van der Waals surface area contributed by atoms with Crippen LogP contribution < -0.4 is 10.6 Å². The zero-order valence-corrected chi connectivity index (χ0v) is 20.7. The minimum absolute atomic E-state index is 0.359. The molecule has 1 aromatic heterocycles. The van der Waals surface area contributed by atoms with Crippen LogP contribution in [0.15, 0.2) is 85.1 Å². The first-order valence-corrected chi connectivity index (χ1v) is 13.0. The monoisotopic (exact) mass is 500 g/mol. The second-order valence-corrected chi connectivity index (χ2v) is 9.23. The number of carbonyl (C=O) groups is 2. The van der Waals surface area contributed by atoms with Gasteiger partial charge in [0.25, 0.3) is 5.91 Å². The Labute approximate surface area is 214 Å². The predicted octanol–water partition coefficient (Wildman–Crippen LogP) is 5.29. The van der Waals surface area contributed by atoms with Crippen molar-refractivity contribution in [2.45, 2.75) is 19.0 Å². The van der Waals surface area contributed by atoms with Crippen LogP contribution in [0.2, 0.25) is 0 Å². The minimum Gasteiger partial charge on any atom is -0.480 e. The zero-order chi connectivity index (χ0) is 25.3. The summed E-state index contributed by atoms with van der Waals surface area (Å²) in [5.74, 6) is 0.00538. The maximum absolute atomic E-state index is 13.1. The number of benzene rings is 3. The number of hydrogen-bond donors (Lipinski definition) is 4. The molecule has 0 unspecified atom stereocenters. The van der Waals surface area contributed by atoms with Gasteiger partial charge in [0.1, 0.15) is 11.9 Å². The normalized spacial score (nSPS) is 11.6. The van der Waals surface area contributed by atoms with Crippen LogP contribution in [0.1, 0.15) is 22.5 Å². The smallest absolute Gasteiger partial charge is 0.326 e. The summed E-state index contributed by atoms with van der Waals surface area (Å²) < 4.78 is 0. The number of rotatable bonds is 11. The number of nitrogens with zero attached hydrogens (tertiary/aromatic N) is 1. The van der Waals surface area contributed by atoms with Gasteiger partial charge in [-0.25, -0.2) is 9.78 Å². The van der Waals surface area contributed by atoms with E-state index in [2.05, 4.69) is 20.6 Å². The minimum atomic E-state index is -1.04. The third-order valence-electron chi connectivity index (χ3n) is 5.72. The average molecular weight is 501 g/mol. The number of carboxylic acid groups (broad SMARTS) is 1. The van der Waals surface area contributed by atoms with E-state index in [4.69, 9.17) is 0 Å². The molecule has 3 aromatic carbocycles. The highest BCUT2D eigenvalue weighted by Gasteiger charge is 2.22. The standard InChI is InChI=1S/C28H28N4O3S/c1-36-15-14-25(28(34)35)32-27(33)23-13-12-21(16-24(23)19-8-4-2-5-9-19)29-17-22-18-30-26(31-22)20-10-6-3-7-11-20/h2-13,16,18,25,29H,14-15,17H2,1H3,(H,30,31)(H,32,33)(H,34,35)/t25-/m0/s1. The zero-order valence-electron chi connectivity index (χ0n) is 19.9. The van der Waals surface area contributed by atoms with Gasteiger partial charge in [0.15, 0.2) is 0 Å². The number of carbonyl (C=O) groups excluding carboxylic acids is 1. The Balaban J connectivity index is 1.54. The van der Waals surface area contributed by atoms with Crippen LogP contribution in [-0.4, -0.2) is 45.0 Å². The molecule has 0 spiro atoms. The van der Waals surface area contributed by atoms with Gasteiger partial charge in [0, 0.05) is 16.8 Å². The van der Waals surface area contributed by atoms with Crippen LogP contribution in [0.3, 0.4) is 0 Å². The van der Waals surface area contributed by atoms with E-state index in [0.717, 1.165) is 33.9 Å². The maximum Gasteiger partial charge on any atom is 0.326 e. The van der Waals surface area contributed by atoms with Crippen LogP contribution in [0.4, 0.5) is 5.69 Å². The second-order valence-electron chi connectivity index (χ2n) is 8.25. The van der Waals surface area contributed by atoms with Crippen molar-refractivity contribution in [3.8, 4) is 22.5 Å². The molecule has 1 amide bonds. The molecule has 1 atom stereocenters. The van der Waals surface area contributed by atoms with Gasteiger partial charge < -0.3 is 20.7 Å². The molecule has 0 aliphatic carbocycles. The summed E-state index contributed by atoms with van der Waals surface area (Å²) in [5, 5.41) is 15.6. The summed E-state index contributed by atoms with van der Waals surface area (Å²) >= 11 is 1.55. The Morgan fingerprint density at radius 1 is 1.00 bits per heavy atom. The van der Waals surface area contributed by atoms with Crippen molar-refractivity contribution in [3.63, 3.8) is 0 Å². The molecule has 36 heavy (non-hydrogen) atoms. The summed E-state index contributed by atoms with van der Waals surface area (Å²) in [6.07, 6.45) is 4.07. The molecule has 7 nitrogen and oxygen atoms in total. The third-order valence-corrected chi connectivity index (χ3v) is 6.37. The summed E-state index contributed by atoms with van der Waals surface area (Å²) in [4.78, 5) is 32.6. The lowest BCUT2D eigenvalue weighted by Crippen LogP contribution is -2.41. The number of hydrogen-bond acceptors (Lipinski definition) is 5. The molecular formula is C28H28N4O3S. The van der Waals surface area contributed by atoms with E-state index in [0.29, 0.717) is 24.3 Å². The first-order valence-electron chi connectivity index (χ1n) is 11.6. The van der Waals surface area contributed by atoms with Crippen molar-refractivity contribution in [3.05, 3.63) is 96.3 Å². The molecule has 8 heteroatoms. The van der Waals surface area contributed by atoms with E-state index in [1.807, 2.05) is 79.1 Å². The highest BCUT2D eigenvalue weighted by molar-refractivity contribution is 7.98. The van der Waals surface area contributed by atoms with Gasteiger partial charge in [0.05, 0.1) is 18.4 Å². The number of aliphatic carboxylic acids is 1. The van der Waals surface area contributed by atoms with Gasteiger partial charge in [-0.05, 0) is 47.8 Å². The largest absolute Gasteiger partial charge is 0.480 e. The number of anilines is 1. The topological polar surface area (TPSA) is 107 Å². The first kappa shape index (κ1) is 25.1. The summed E-state index contributed by atoms with van der Waals surface area (Å²) in [6.45, 7) is 0.523. The number of aromatic nitrogens is 2. The Kier molecular flexibility index (Phi) is 8.41. The summed E-state index contributed by atoms with van der Waals surface area (Å²) in [7, 11) is 0. The third kappa shape index (κ3) is 6.34. The average Bonchev–Trinajstić information content (AvgIpc) is 3.39. The van der Waals surface area contributed by atoms with Gasteiger partial charge in [-0.15, -0.1) is 0 Å².